The predicted molar refractivity (Wildman–Crippen MR) is 80.2 cm³/mol. The Morgan fingerprint density at radius 3 is 2.42 bits per heavy atom. The number of carbonyl (C=O) groups excluding carboxylic acids is 2. The van der Waals surface area contributed by atoms with Gasteiger partial charge in [0.25, 0.3) is 5.91 Å². The summed E-state index contributed by atoms with van der Waals surface area (Å²) in [5, 5.41) is 2.47. The van der Waals surface area contributed by atoms with Gasteiger partial charge >= 0.3 is 12.6 Å². The van der Waals surface area contributed by atoms with E-state index in [0.717, 1.165) is 0 Å². The Balaban J connectivity index is 1.85. The summed E-state index contributed by atoms with van der Waals surface area (Å²) in [5.74, 6) is -0.285. The molecule has 24 heavy (non-hydrogen) atoms. The number of halogens is 2. The lowest BCUT2D eigenvalue weighted by Crippen LogP contribution is -2.21. The first-order valence-corrected chi connectivity index (χ1v) is 6.94. The Hall–Kier alpha value is -2.90. The largest absolute Gasteiger partial charge is 0.466 e. The van der Waals surface area contributed by atoms with Gasteiger partial charge in [0, 0.05) is 5.69 Å². The Morgan fingerprint density at radius 2 is 1.88 bits per heavy atom. The van der Waals surface area contributed by atoms with E-state index in [1.807, 2.05) is 0 Å². The molecule has 2 rings (SSSR count). The maximum atomic E-state index is 12.0. The highest BCUT2D eigenvalue weighted by Crippen LogP contribution is 2.18. The molecule has 6 nitrogen and oxygen atoms in total. The molecule has 1 aromatic heterocycles. The number of hydrogen-bond donors (Lipinski definition) is 1. The zero-order chi connectivity index (χ0) is 17.7. The third-order valence-corrected chi connectivity index (χ3v) is 2.96. The van der Waals surface area contributed by atoms with E-state index >= 15 is 0 Å². The summed E-state index contributed by atoms with van der Waals surface area (Å²) >= 11 is 0. The lowest BCUT2D eigenvalue weighted by molar-refractivity contribution is -0.119. The minimum Gasteiger partial charge on any atom is -0.466 e. The minimum absolute atomic E-state index is 0.0276. The van der Waals surface area contributed by atoms with Crippen LogP contribution < -0.4 is 10.1 Å². The van der Waals surface area contributed by atoms with Crippen molar-refractivity contribution in [3.63, 3.8) is 0 Å². The lowest BCUT2D eigenvalue weighted by Gasteiger charge is -2.08. The van der Waals surface area contributed by atoms with Crippen LogP contribution >= 0.6 is 0 Å². The summed E-state index contributed by atoms with van der Waals surface area (Å²) < 4.78 is 38.4. The van der Waals surface area contributed by atoms with Crippen LogP contribution in [0.3, 0.4) is 0 Å². The van der Waals surface area contributed by atoms with Gasteiger partial charge in [0.15, 0.2) is 6.61 Å². The van der Waals surface area contributed by atoms with Gasteiger partial charge in [-0.2, -0.15) is 8.78 Å². The van der Waals surface area contributed by atoms with Crippen LogP contribution in [0.1, 0.15) is 21.9 Å². The van der Waals surface area contributed by atoms with E-state index in [1.54, 1.807) is 13.8 Å². The van der Waals surface area contributed by atoms with Gasteiger partial charge in [0.1, 0.15) is 22.8 Å². The van der Waals surface area contributed by atoms with Crippen LogP contribution in [-0.2, 0) is 9.53 Å². The first kappa shape index (κ1) is 17.5. The van der Waals surface area contributed by atoms with Gasteiger partial charge in [0.05, 0.1) is 0 Å². The normalized spacial score (nSPS) is 10.5. The van der Waals surface area contributed by atoms with Gasteiger partial charge in [-0.1, -0.05) is 0 Å². The average molecular weight is 339 g/mol. The van der Waals surface area contributed by atoms with Crippen molar-refractivity contribution >= 4 is 17.6 Å². The second-order valence-electron chi connectivity index (χ2n) is 4.85. The number of nitrogens with one attached hydrogen (secondary N) is 1. The molecule has 1 N–H and O–H groups in total. The number of ether oxygens (including phenoxy) is 2. The van der Waals surface area contributed by atoms with Gasteiger partial charge in [-0.15, -0.1) is 0 Å². The molecule has 128 valence electrons. The quantitative estimate of drug-likeness (QED) is 0.817. The Bertz CT molecular complexity index is 725. The molecule has 1 heterocycles. The summed E-state index contributed by atoms with van der Waals surface area (Å²) in [5.41, 5.74) is 0.613. The monoisotopic (exact) mass is 339 g/mol. The average Bonchev–Trinajstić information content (AvgIpc) is 2.85. The number of amides is 1. The van der Waals surface area contributed by atoms with Crippen molar-refractivity contribution in [1.29, 1.82) is 0 Å². The number of carbonyl (C=O) groups is 2. The fraction of sp³-hybridized carbons (Fsp3) is 0.250. The highest BCUT2D eigenvalue weighted by molar-refractivity contribution is 5.95. The number of aryl methyl sites for hydroxylation is 2. The van der Waals surface area contributed by atoms with Crippen LogP contribution in [-0.4, -0.2) is 25.1 Å². The number of esters is 1. The molecular formula is C16H15F2NO5. The van der Waals surface area contributed by atoms with Crippen molar-refractivity contribution < 1.29 is 32.3 Å². The molecule has 0 spiro atoms. The van der Waals surface area contributed by atoms with Crippen molar-refractivity contribution in [2.75, 3.05) is 11.9 Å². The molecule has 2 aromatic rings. The Kier molecular flexibility index (Phi) is 5.51. The van der Waals surface area contributed by atoms with Crippen LogP contribution in [0.15, 0.2) is 34.7 Å². The number of anilines is 1. The third-order valence-electron chi connectivity index (χ3n) is 2.96. The van der Waals surface area contributed by atoms with E-state index in [9.17, 15) is 18.4 Å². The van der Waals surface area contributed by atoms with E-state index < -0.39 is 25.1 Å². The minimum atomic E-state index is -2.92. The number of furan rings is 1. The van der Waals surface area contributed by atoms with Crippen molar-refractivity contribution in [3.05, 3.63) is 47.4 Å². The van der Waals surface area contributed by atoms with Gasteiger partial charge in [0.2, 0.25) is 0 Å². The van der Waals surface area contributed by atoms with E-state index in [1.165, 1.54) is 30.3 Å². The molecular weight excluding hydrogens is 324 g/mol. The number of alkyl halides is 2. The Labute approximate surface area is 136 Å². The molecule has 0 saturated heterocycles. The van der Waals surface area contributed by atoms with Crippen molar-refractivity contribution in [3.8, 4) is 5.75 Å². The molecule has 0 saturated carbocycles. The van der Waals surface area contributed by atoms with Gasteiger partial charge in [-0.3, -0.25) is 4.79 Å². The van der Waals surface area contributed by atoms with E-state index in [-0.39, 0.29) is 11.3 Å². The fourth-order valence-electron chi connectivity index (χ4n) is 1.96. The summed E-state index contributed by atoms with van der Waals surface area (Å²) in [6, 6.07) is 6.87. The number of benzene rings is 1. The summed E-state index contributed by atoms with van der Waals surface area (Å²) in [7, 11) is 0. The number of rotatable bonds is 6. The molecule has 0 atom stereocenters. The molecule has 0 bridgehead atoms. The smallest absolute Gasteiger partial charge is 0.387 e. The second kappa shape index (κ2) is 7.58. The summed E-state index contributed by atoms with van der Waals surface area (Å²) in [6.45, 7) is -0.0950. The molecule has 0 aliphatic carbocycles. The maximum Gasteiger partial charge on any atom is 0.387 e. The highest BCUT2D eigenvalue weighted by Gasteiger charge is 2.16. The van der Waals surface area contributed by atoms with Crippen LogP contribution in [0.4, 0.5) is 14.5 Å². The van der Waals surface area contributed by atoms with Gasteiger partial charge in [-0.25, -0.2) is 4.79 Å². The maximum absolute atomic E-state index is 12.0. The summed E-state index contributed by atoms with van der Waals surface area (Å²) in [6.07, 6.45) is 0. The molecule has 1 aromatic carbocycles. The Morgan fingerprint density at radius 1 is 1.21 bits per heavy atom. The molecule has 0 aliphatic heterocycles. The molecule has 0 aliphatic rings. The van der Waals surface area contributed by atoms with Crippen molar-refractivity contribution in [2.45, 2.75) is 20.5 Å². The van der Waals surface area contributed by atoms with Crippen molar-refractivity contribution in [2.24, 2.45) is 0 Å². The first-order chi connectivity index (χ1) is 11.3. The molecule has 0 unspecified atom stereocenters. The van der Waals surface area contributed by atoms with E-state index in [4.69, 9.17) is 9.15 Å². The van der Waals surface area contributed by atoms with Crippen LogP contribution in [0, 0.1) is 13.8 Å². The molecule has 0 fully saturated rings. The first-order valence-electron chi connectivity index (χ1n) is 6.94. The van der Waals surface area contributed by atoms with E-state index in [0.29, 0.717) is 17.2 Å². The third kappa shape index (κ3) is 4.80. The number of hydrogen-bond acceptors (Lipinski definition) is 5. The molecule has 8 heteroatoms. The SMILES string of the molecule is Cc1cc(C(=O)OCC(=O)Nc2ccc(OC(F)F)cc2)c(C)o1. The predicted octanol–water partition coefficient (Wildman–Crippen LogP) is 3.29. The highest BCUT2D eigenvalue weighted by atomic mass is 19.3. The fourth-order valence-corrected chi connectivity index (χ4v) is 1.96. The van der Waals surface area contributed by atoms with Crippen LogP contribution in [0.2, 0.25) is 0 Å². The van der Waals surface area contributed by atoms with Gasteiger partial charge < -0.3 is 19.2 Å². The zero-order valence-corrected chi connectivity index (χ0v) is 13.0. The van der Waals surface area contributed by atoms with Gasteiger partial charge in [-0.05, 0) is 44.2 Å². The van der Waals surface area contributed by atoms with Crippen LogP contribution in [0.25, 0.3) is 0 Å². The second-order valence-corrected chi connectivity index (χ2v) is 4.85. The standard InChI is InChI=1S/C16H15F2NO5/c1-9-7-13(10(2)23-9)15(21)22-8-14(20)19-11-3-5-12(6-4-11)24-16(17)18/h3-7,16H,8H2,1-2H3,(H,19,20). The van der Waals surface area contributed by atoms with E-state index in [2.05, 4.69) is 10.1 Å². The topological polar surface area (TPSA) is 77.8 Å². The summed E-state index contributed by atoms with van der Waals surface area (Å²) in [4.78, 5) is 23.6. The molecule has 0 radical (unpaired) electrons. The lowest BCUT2D eigenvalue weighted by atomic mass is 10.2. The molecule has 1 amide bonds. The zero-order valence-electron chi connectivity index (χ0n) is 13.0. The van der Waals surface area contributed by atoms with Crippen LogP contribution in [0.5, 0.6) is 5.75 Å². The van der Waals surface area contributed by atoms with Crippen molar-refractivity contribution in [1.82, 2.24) is 0 Å².